The molecule has 7 nitrogen and oxygen atoms in total. The van der Waals surface area contributed by atoms with Gasteiger partial charge in [0.05, 0.1) is 19.8 Å². The summed E-state index contributed by atoms with van der Waals surface area (Å²) in [5.41, 5.74) is 2.27. The van der Waals surface area contributed by atoms with Crippen molar-refractivity contribution in [3.8, 4) is 17.2 Å². The third kappa shape index (κ3) is 5.33. The third-order valence-corrected chi connectivity index (χ3v) is 5.31. The topological polar surface area (TPSA) is 68.3 Å². The number of nitrogens with zero attached hydrogens (tertiary/aromatic N) is 2. The maximum Gasteiger partial charge on any atom is 0.254 e. The normalized spacial score (nSPS) is 13.6. The molecule has 0 spiro atoms. The molecule has 0 saturated carbocycles. The van der Waals surface area contributed by atoms with Gasteiger partial charge in [0, 0.05) is 37.3 Å². The lowest BCUT2D eigenvalue weighted by molar-refractivity contribution is 0.0535. The second-order valence-electron chi connectivity index (χ2n) is 7.55. The molecule has 1 heterocycles. The van der Waals surface area contributed by atoms with Crippen LogP contribution in [0.2, 0.25) is 0 Å². The zero-order valence-electron chi connectivity index (χ0n) is 19.3. The van der Waals surface area contributed by atoms with Gasteiger partial charge in [-0.3, -0.25) is 9.59 Å². The summed E-state index contributed by atoms with van der Waals surface area (Å²) in [7, 11) is 0. The monoisotopic (exact) mass is 440 g/mol. The van der Waals surface area contributed by atoms with E-state index in [4.69, 9.17) is 14.2 Å². The number of benzene rings is 2. The predicted molar refractivity (Wildman–Crippen MR) is 123 cm³/mol. The van der Waals surface area contributed by atoms with E-state index in [-0.39, 0.29) is 11.8 Å². The summed E-state index contributed by atoms with van der Waals surface area (Å²) in [5.74, 6) is 1.39. The fraction of sp³-hybridized carbons (Fsp3) is 0.440. The van der Waals surface area contributed by atoms with Crippen molar-refractivity contribution < 1.29 is 23.8 Å². The van der Waals surface area contributed by atoms with E-state index in [1.165, 1.54) is 0 Å². The minimum atomic E-state index is -0.114. The number of ether oxygens (including phenoxy) is 3. The average Bonchev–Trinajstić information content (AvgIpc) is 2.81. The SMILES string of the molecule is CCOc1cc(C(=O)N2CCN(C(=O)c3ccc(C)cc3)CC2)cc(OCC)c1OCC. The smallest absolute Gasteiger partial charge is 0.254 e. The van der Waals surface area contributed by atoms with Crippen molar-refractivity contribution >= 4 is 11.8 Å². The van der Waals surface area contributed by atoms with Crippen LogP contribution in [0.25, 0.3) is 0 Å². The van der Waals surface area contributed by atoms with Crippen LogP contribution in [0.1, 0.15) is 47.1 Å². The van der Waals surface area contributed by atoms with Crippen LogP contribution in [0.5, 0.6) is 17.2 Å². The van der Waals surface area contributed by atoms with E-state index in [2.05, 4.69) is 0 Å². The van der Waals surface area contributed by atoms with Crippen LogP contribution in [0.3, 0.4) is 0 Å². The fourth-order valence-electron chi connectivity index (χ4n) is 3.69. The highest BCUT2D eigenvalue weighted by Gasteiger charge is 2.27. The molecule has 0 unspecified atom stereocenters. The number of amides is 2. The molecule has 0 atom stereocenters. The molecule has 2 amide bonds. The lowest BCUT2D eigenvalue weighted by atomic mass is 10.1. The molecular formula is C25H32N2O5. The first-order chi connectivity index (χ1) is 15.5. The second-order valence-corrected chi connectivity index (χ2v) is 7.55. The Balaban J connectivity index is 1.73. The molecule has 32 heavy (non-hydrogen) atoms. The Labute approximate surface area is 189 Å². The molecule has 0 aliphatic carbocycles. The van der Waals surface area contributed by atoms with Gasteiger partial charge in [-0.2, -0.15) is 0 Å². The molecule has 0 aromatic heterocycles. The minimum absolute atomic E-state index is 0.00423. The summed E-state index contributed by atoms with van der Waals surface area (Å²) in [6.45, 7) is 10.9. The van der Waals surface area contributed by atoms with Gasteiger partial charge in [0.2, 0.25) is 5.75 Å². The maximum atomic E-state index is 13.2. The van der Waals surface area contributed by atoms with Gasteiger partial charge < -0.3 is 24.0 Å². The number of hydrogen-bond donors (Lipinski definition) is 0. The van der Waals surface area contributed by atoms with Gasteiger partial charge in [0.15, 0.2) is 11.5 Å². The number of carbonyl (C=O) groups is 2. The zero-order chi connectivity index (χ0) is 23.1. The highest BCUT2D eigenvalue weighted by molar-refractivity contribution is 5.97. The largest absolute Gasteiger partial charge is 0.490 e. The van der Waals surface area contributed by atoms with Crippen LogP contribution in [0.4, 0.5) is 0 Å². The van der Waals surface area contributed by atoms with Crippen molar-refractivity contribution in [2.75, 3.05) is 46.0 Å². The molecule has 2 aromatic carbocycles. The van der Waals surface area contributed by atoms with Gasteiger partial charge in [-0.1, -0.05) is 17.7 Å². The van der Waals surface area contributed by atoms with Crippen LogP contribution in [-0.4, -0.2) is 67.6 Å². The van der Waals surface area contributed by atoms with Crippen molar-refractivity contribution in [2.45, 2.75) is 27.7 Å². The number of piperazine rings is 1. The van der Waals surface area contributed by atoms with Gasteiger partial charge in [-0.15, -0.1) is 0 Å². The molecule has 1 saturated heterocycles. The van der Waals surface area contributed by atoms with E-state index < -0.39 is 0 Å². The minimum Gasteiger partial charge on any atom is -0.490 e. The highest BCUT2D eigenvalue weighted by atomic mass is 16.5. The fourth-order valence-corrected chi connectivity index (χ4v) is 3.69. The summed E-state index contributed by atoms with van der Waals surface area (Å²) in [4.78, 5) is 29.6. The van der Waals surface area contributed by atoms with Crippen molar-refractivity contribution in [1.82, 2.24) is 9.80 Å². The summed E-state index contributed by atoms with van der Waals surface area (Å²) >= 11 is 0. The van der Waals surface area contributed by atoms with Gasteiger partial charge in [-0.25, -0.2) is 0 Å². The van der Waals surface area contributed by atoms with E-state index in [1.54, 1.807) is 21.9 Å². The van der Waals surface area contributed by atoms with Crippen LogP contribution >= 0.6 is 0 Å². The molecule has 3 rings (SSSR count). The zero-order valence-corrected chi connectivity index (χ0v) is 19.3. The average molecular weight is 441 g/mol. The van der Waals surface area contributed by atoms with Crippen molar-refractivity contribution in [2.24, 2.45) is 0 Å². The van der Waals surface area contributed by atoms with Gasteiger partial charge >= 0.3 is 0 Å². The Kier molecular flexibility index (Phi) is 7.98. The lowest BCUT2D eigenvalue weighted by Gasteiger charge is -2.35. The van der Waals surface area contributed by atoms with Gasteiger partial charge in [-0.05, 0) is 52.0 Å². The third-order valence-electron chi connectivity index (χ3n) is 5.31. The van der Waals surface area contributed by atoms with E-state index in [9.17, 15) is 9.59 Å². The quantitative estimate of drug-likeness (QED) is 0.625. The Morgan fingerprint density at radius 2 is 1.16 bits per heavy atom. The van der Waals surface area contributed by atoms with Gasteiger partial charge in [0.25, 0.3) is 11.8 Å². The maximum absolute atomic E-state index is 13.2. The van der Waals surface area contributed by atoms with Crippen molar-refractivity contribution in [3.63, 3.8) is 0 Å². The van der Waals surface area contributed by atoms with Crippen LogP contribution in [-0.2, 0) is 0 Å². The molecular weight excluding hydrogens is 408 g/mol. The second kappa shape index (κ2) is 10.9. The Bertz CT molecular complexity index is 907. The number of rotatable bonds is 8. The Morgan fingerprint density at radius 3 is 1.59 bits per heavy atom. The van der Waals surface area contributed by atoms with Crippen molar-refractivity contribution in [1.29, 1.82) is 0 Å². The standard InChI is InChI=1S/C25H32N2O5/c1-5-30-21-16-20(17-22(31-6-2)23(21)32-7-3)25(29)27-14-12-26(13-15-27)24(28)19-10-8-18(4)9-11-19/h8-11,16-17H,5-7,12-15H2,1-4H3. The molecule has 2 aromatic rings. The summed E-state index contributed by atoms with van der Waals surface area (Å²) in [6.07, 6.45) is 0. The molecule has 172 valence electrons. The van der Waals surface area contributed by atoms with Crippen LogP contribution in [0, 0.1) is 6.92 Å². The first-order valence-electron chi connectivity index (χ1n) is 11.2. The molecule has 0 N–H and O–H groups in total. The molecule has 0 bridgehead atoms. The highest BCUT2D eigenvalue weighted by Crippen LogP contribution is 2.39. The van der Waals surface area contributed by atoms with Crippen LogP contribution < -0.4 is 14.2 Å². The van der Waals surface area contributed by atoms with Crippen molar-refractivity contribution in [3.05, 3.63) is 53.1 Å². The van der Waals surface area contributed by atoms with E-state index in [0.717, 1.165) is 5.56 Å². The predicted octanol–water partition coefficient (Wildman–Crippen LogP) is 3.79. The van der Waals surface area contributed by atoms with E-state index in [0.29, 0.717) is 74.4 Å². The van der Waals surface area contributed by atoms with E-state index >= 15 is 0 Å². The molecule has 0 radical (unpaired) electrons. The summed E-state index contributed by atoms with van der Waals surface area (Å²) in [6, 6.07) is 11.0. The summed E-state index contributed by atoms with van der Waals surface area (Å²) < 4.78 is 17.2. The lowest BCUT2D eigenvalue weighted by Crippen LogP contribution is -2.50. The molecule has 1 aliphatic heterocycles. The Hall–Kier alpha value is -3.22. The first kappa shape index (κ1) is 23.4. The molecule has 7 heteroatoms. The molecule has 1 aliphatic rings. The van der Waals surface area contributed by atoms with Crippen LogP contribution in [0.15, 0.2) is 36.4 Å². The first-order valence-corrected chi connectivity index (χ1v) is 11.2. The number of carbonyl (C=O) groups excluding carboxylic acids is 2. The van der Waals surface area contributed by atoms with Gasteiger partial charge in [0.1, 0.15) is 0 Å². The number of hydrogen-bond acceptors (Lipinski definition) is 5. The van der Waals surface area contributed by atoms with E-state index in [1.807, 2.05) is 52.0 Å². The molecule has 1 fully saturated rings. The summed E-state index contributed by atoms with van der Waals surface area (Å²) in [5, 5.41) is 0. The number of aryl methyl sites for hydroxylation is 1. The Morgan fingerprint density at radius 1 is 0.719 bits per heavy atom.